The molecule has 0 bridgehead atoms. The average molecular weight is 178 g/mol. The maximum Gasteiger partial charge on any atom is 0.161 e. The zero-order valence-electron chi connectivity index (χ0n) is 8.60. The third kappa shape index (κ3) is 1.45. The topological polar surface area (TPSA) is 17.1 Å². The predicted molar refractivity (Wildman–Crippen MR) is 53.4 cm³/mol. The van der Waals surface area contributed by atoms with Gasteiger partial charge in [0.05, 0.1) is 0 Å². The van der Waals surface area contributed by atoms with Crippen molar-refractivity contribution in [1.82, 2.24) is 0 Å². The lowest BCUT2D eigenvalue weighted by Crippen LogP contribution is -2.27. The summed E-state index contributed by atoms with van der Waals surface area (Å²) >= 11 is 0. The van der Waals surface area contributed by atoms with Crippen LogP contribution in [0.2, 0.25) is 0 Å². The number of carbonyl (C=O) groups is 1. The van der Waals surface area contributed by atoms with Gasteiger partial charge in [-0.2, -0.15) is 0 Å². The fourth-order valence-electron chi connectivity index (χ4n) is 2.83. The third-order valence-electron chi connectivity index (χ3n) is 3.56. The number of allylic oxidation sites excluding steroid dienone is 2. The van der Waals surface area contributed by atoms with Crippen LogP contribution >= 0.6 is 0 Å². The van der Waals surface area contributed by atoms with Gasteiger partial charge in [0.1, 0.15) is 0 Å². The lowest BCUT2D eigenvalue weighted by molar-refractivity contribution is -0.120. The second kappa shape index (κ2) is 3.28. The summed E-state index contributed by atoms with van der Waals surface area (Å²) in [6.45, 7) is 4.36. The number of Topliss-reactive ketones (excluding diaryl/α,β-unsaturated/α-hetero) is 1. The minimum atomic E-state index is 0.284. The molecule has 13 heavy (non-hydrogen) atoms. The van der Waals surface area contributed by atoms with E-state index in [0.29, 0.717) is 11.7 Å². The molecule has 2 rings (SSSR count). The first-order valence-electron chi connectivity index (χ1n) is 5.46. The highest BCUT2D eigenvalue weighted by Crippen LogP contribution is 2.39. The van der Waals surface area contributed by atoms with E-state index in [1.54, 1.807) is 0 Å². The molecule has 0 radical (unpaired) electrons. The first-order chi connectivity index (χ1) is 6.20. The monoisotopic (exact) mass is 178 g/mol. The zero-order valence-corrected chi connectivity index (χ0v) is 8.60. The Morgan fingerprint density at radius 2 is 1.77 bits per heavy atom. The second-order valence-corrected chi connectivity index (χ2v) is 4.61. The van der Waals surface area contributed by atoms with Crippen molar-refractivity contribution < 1.29 is 4.79 Å². The van der Waals surface area contributed by atoms with Crippen molar-refractivity contribution in [2.75, 3.05) is 0 Å². The van der Waals surface area contributed by atoms with Gasteiger partial charge in [0.15, 0.2) is 5.78 Å². The van der Waals surface area contributed by atoms with E-state index in [1.165, 1.54) is 30.4 Å². The Morgan fingerprint density at radius 1 is 1.08 bits per heavy atom. The van der Waals surface area contributed by atoms with Crippen LogP contribution in [0.1, 0.15) is 46.0 Å². The molecule has 0 saturated carbocycles. The van der Waals surface area contributed by atoms with Gasteiger partial charge in [-0.25, -0.2) is 0 Å². The van der Waals surface area contributed by atoms with Crippen molar-refractivity contribution in [3.05, 3.63) is 11.1 Å². The largest absolute Gasteiger partial charge is 0.294 e. The molecule has 0 spiro atoms. The molecule has 0 N–H and O–H groups in total. The normalized spacial score (nSPS) is 34.8. The predicted octanol–water partition coefficient (Wildman–Crippen LogP) is 3.10. The summed E-state index contributed by atoms with van der Waals surface area (Å²) < 4.78 is 0. The summed E-state index contributed by atoms with van der Waals surface area (Å²) in [6, 6.07) is 0. The highest BCUT2D eigenvalue weighted by atomic mass is 16.1. The zero-order chi connectivity index (χ0) is 9.42. The van der Waals surface area contributed by atoms with E-state index in [1.807, 2.05) is 0 Å². The minimum Gasteiger partial charge on any atom is -0.294 e. The van der Waals surface area contributed by atoms with Gasteiger partial charge >= 0.3 is 0 Å². The maximum absolute atomic E-state index is 11.8. The van der Waals surface area contributed by atoms with E-state index in [-0.39, 0.29) is 5.92 Å². The molecule has 0 saturated heterocycles. The minimum absolute atomic E-state index is 0.284. The van der Waals surface area contributed by atoms with Gasteiger partial charge in [-0.1, -0.05) is 19.4 Å². The van der Waals surface area contributed by atoms with Gasteiger partial charge in [-0.05, 0) is 43.6 Å². The van der Waals surface area contributed by atoms with Crippen LogP contribution in [0.25, 0.3) is 0 Å². The van der Waals surface area contributed by atoms with Gasteiger partial charge in [-0.3, -0.25) is 4.79 Å². The molecule has 0 amide bonds. The molecule has 0 heterocycles. The Kier molecular flexibility index (Phi) is 2.27. The lowest BCUT2D eigenvalue weighted by atomic mass is 9.72. The smallest absolute Gasteiger partial charge is 0.161 e. The molecule has 1 nitrogen and oxygen atoms in total. The highest BCUT2D eigenvalue weighted by Gasteiger charge is 2.31. The van der Waals surface area contributed by atoms with E-state index >= 15 is 0 Å². The van der Waals surface area contributed by atoms with E-state index in [4.69, 9.17) is 0 Å². The molecule has 0 aromatic rings. The molecule has 2 atom stereocenters. The molecular formula is C12H18O. The summed E-state index contributed by atoms with van der Waals surface area (Å²) in [5.41, 5.74) is 2.70. The van der Waals surface area contributed by atoms with Gasteiger partial charge < -0.3 is 0 Å². The fourth-order valence-corrected chi connectivity index (χ4v) is 2.83. The Hall–Kier alpha value is -0.590. The molecule has 0 aromatic carbocycles. The average Bonchev–Trinajstić information content (AvgIpc) is 2.15. The molecule has 72 valence electrons. The van der Waals surface area contributed by atoms with Crippen LogP contribution in [0.15, 0.2) is 11.1 Å². The summed E-state index contributed by atoms with van der Waals surface area (Å²) in [5.74, 6) is 1.41. The van der Waals surface area contributed by atoms with Crippen LogP contribution < -0.4 is 0 Å². The SMILES string of the molecule is CC1CC(C)C2=C(CCCC2)C1=O. The van der Waals surface area contributed by atoms with Crippen LogP contribution in [0, 0.1) is 11.8 Å². The maximum atomic E-state index is 11.8. The van der Waals surface area contributed by atoms with Crippen molar-refractivity contribution in [2.45, 2.75) is 46.0 Å². The van der Waals surface area contributed by atoms with E-state index < -0.39 is 0 Å². The van der Waals surface area contributed by atoms with Crippen molar-refractivity contribution >= 4 is 5.78 Å². The van der Waals surface area contributed by atoms with Gasteiger partial charge in [0.25, 0.3) is 0 Å². The Morgan fingerprint density at radius 3 is 2.54 bits per heavy atom. The van der Waals surface area contributed by atoms with Crippen molar-refractivity contribution in [1.29, 1.82) is 0 Å². The summed E-state index contributed by atoms with van der Waals surface area (Å²) in [5, 5.41) is 0. The highest BCUT2D eigenvalue weighted by molar-refractivity contribution is 5.98. The van der Waals surface area contributed by atoms with Crippen LogP contribution in [-0.2, 0) is 4.79 Å². The molecule has 1 heteroatoms. The fraction of sp³-hybridized carbons (Fsp3) is 0.750. The first-order valence-corrected chi connectivity index (χ1v) is 5.46. The Balaban J connectivity index is 2.35. The number of ketones is 1. The molecule has 2 aliphatic rings. The van der Waals surface area contributed by atoms with Gasteiger partial charge in [-0.15, -0.1) is 0 Å². The van der Waals surface area contributed by atoms with Crippen LogP contribution in [-0.4, -0.2) is 5.78 Å². The number of carbonyl (C=O) groups excluding carboxylic acids is 1. The van der Waals surface area contributed by atoms with Crippen LogP contribution in [0.5, 0.6) is 0 Å². The molecule has 2 unspecified atom stereocenters. The summed E-state index contributed by atoms with van der Waals surface area (Å²) in [7, 11) is 0. The number of hydrogen-bond donors (Lipinski definition) is 0. The Bertz CT molecular complexity index is 262. The lowest BCUT2D eigenvalue weighted by Gasteiger charge is -2.32. The van der Waals surface area contributed by atoms with Crippen molar-refractivity contribution in [3.8, 4) is 0 Å². The summed E-state index contributed by atoms with van der Waals surface area (Å²) in [6.07, 6.45) is 5.85. The molecule has 0 aromatic heterocycles. The summed E-state index contributed by atoms with van der Waals surface area (Å²) in [4.78, 5) is 11.8. The quantitative estimate of drug-likeness (QED) is 0.557. The molecule has 2 aliphatic carbocycles. The van der Waals surface area contributed by atoms with Crippen LogP contribution in [0.3, 0.4) is 0 Å². The van der Waals surface area contributed by atoms with Gasteiger partial charge in [0, 0.05) is 5.92 Å². The number of rotatable bonds is 0. The van der Waals surface area contributed by atoms with E-state index in [9.17, 15) is 4.79 Å². The standard InChI is InChI=1S/C12H18O/c1-8-7-9(2)12(13)11-6-4-3-5-10(8)11/h8-9H,3-7H2,1-2H3. The molecule has 0 aliphatic heterocycles. The second-order valence-electron chi connectivity index (χ2n) is 4.61. The van der Waals surface area contributed by atoms with Crippen molar-refractivity contribution in [2.24, 2.45) is 11.8 Å². The van der Waals surface area contributed by atoms with Gasteiger partial charge in [0.2, 0.25) is 0 Å². The van der Waals surface area contributed by atoms with Crippen molar-refractivity contribution in [3.63, 3.8) is 0 Å². The Labute approximate surface area is 80.2 Å². The third-order valence-corrected chi connectivity index (χ3v) is 3.56. The molecular weight excluding hydrogens is 160 g/mol. The first kappa shape index (κ1) is 8.98. The number of hydrogen-bond acceptors (Lipinski definition) is 1. The molecule has 0 fully saturated rings. The van der Waals surface area contributed by atoms with E-state index in [0.717, 1.165) is 12.8 Å². The van der Waals surface area contributed by atoms with E-state index in [2.05, 4.69) is 13.8 Å². The van der Waals surface area contributed by atoms with Crippen LogP contribution in [0.4, 0.5) is 0 Å².